The molecule has 2 N–H and O–H groups in total. The lowest BCUT2D eigenvalue weighted by Crippen LogP contribution is -2.35. The predicted octanol–water partition coefficient (Wildman–Crippen LogP) is -0.417. The monoisotopic (exact) mass is 156 g/mol. The second-order valence-electron chi connectivity index (χ2n) is 2.44. The van der Waals surface area contributed by atoms with Gasteiger partial charge >= 0.3 is 5.97 Å². The number of hydrogen-bond donors (Lipinski definition) is 2. The molecule has 5 nitrogen and oxygen atoms in total. The largest absolute Gasteiger partial charge is 0.477 e. The summed E-state index contributed by atoms with van der Waals surface area (Å²) in [4.78, 5) is 21.0. The zero-order chi connectivity index (χ0) is 8.43. The Morgan fingerprint density at radius 1 is 1.82 bits per heavy atom. The highest BCUT2D eigenvalue weighted by Gasteiger charge is 2.24. The third kappa shape index (κ3) is 1.54. The first kappa shape index (κ1) is 7.71. The fourth-order valence-corrected chi connectivity index (χ4v) is 0.912. The Morgan fingerprint density at radius 2 is 2.45 bits per heavy atom. The van der Waals surface area contributed by atoms with Crippen molar-refractivity contribution in [2.75, 3.05) is 0 Å². The van der Waals surface area contributed by atoms with E-state index in [0.29, 0.717) is 0 Å². The molecule has 1 heterocycles. The highest BCUT2D eigenvalue weighted by molar-refractivity contribution is 6.37. The van der Waals surface area contributed by atoms with Crippen molar-refractivity contribution in [1.82, 2.24) is 5.43 Å². The Morgan fingerprint density at radius 3 is 2.91 bits per heavy atom. The first-order chi connectivity index (χ1) is 5.11. The van der Waals surface area contributed by atoms with Crippen molar-refractivity contribution >= 4 is 17.6 Å². The van der Waals surface area contributed by atoms with Crippen LogP contribution < -0.4 is 5.43 Å². The second kappa shape index (κ2) is 2.69. The zero-order valence-electron chi connectivity index (χ0n) is 6.00. The molecule has 0 aliphatic carbocycles. The summed E-state index contributed by atoms with van der Waals surface area (Å²) in [5.74, 6) is -1.60. The van der Waals surface area contributed by atoms with Crippen LogP contribution in [-0.2, 0) is 9.59 Å². The van der Waals surface area contributed by atoms with Crippen LogP contribution in [-0.4, -0.2) is 22.7 Å². The van der Waals surface area contributed by atoms with Gasteiger partial charge in [-0.15, -0.1) is 0 Å². The van der Waals surface area contributed by atoms with Crippen LogP contribution in [0, 0.1) is 5.92 Å². The Hall–Kier alpha value is -1.39. The average Bonchev–Trinajstić information content (AvgIpc) is 1.85. The summed E-state index contributed by atoms with van der Waals surface area (Å²) in [6, 6.07) is 0. The zero-order valence-corrected chi connectivity index (χ0v) is 6.00. The lowest BCUT2D eigenvalue weighted by molar-refractivity contribution is -0.130. The number of carboxylic acids is 1. The van der Waals surface area contributed by atoms with Crippen molar-refractivity contribution in [2.24, 2.45) is 11.0 Å². The van der Waals surface area contributed by atoms with E-state index in [9.17, 15) is 9.59 Å². The Kier molecular flexibility index (Phi) is 1.89. The second-order valence-corrected chi connectivity index (χ2v) is 2.44. The standard InChI is InChI=1S/C6H8N2O3/c1-3-2-4(9)7-8-5(3)6(10)11/h3H,2H2,1H3,(H,7,9)(H,10,11). The molecule has 1 atom stereocenters. The number of nitrogens with zero attached hydrogens (tertiary/aromatic N) is 1. The van der Waals surface area contributed by atoms with Gasteiger partial charge in [-0.1, -0.05) is 6.92 Å². The van der Waals surface area contributed by atoms with Crippen LogP contribution in [0.15, 0.2) is 5.10 Å². The van der Waals surface area contributed by atoms with Crippen molar-refractivity contribution < 1.29 is 14.7 Å². The van der Waals surface area contributed by atoms with Crippen LogP contribution in [0.2, 0.25) is 0 Å². The molecule has 11 heavy (non-hydrogen) atoms. The van der Waals surface area contributed by atoms with Gasteiger partial charge in [-0.3, -0.25) is 4.79 Å². The van der Waals surface area contributed by atoms with Gasteiger partial charge in [0, 0.05) is 12.3 Å². The molecule has 60 valence electrons. The van der Waals surface area contributed by atoms with E-state index < -0.39 is 5.97 Å². The smallest absolute Gasteiger partial charge is 0.352 e. The van der Waals surface area contributed by atoms with Crippen molar-refractivity contribution in [3.8, 4) is 0 Å². The minimum Gasteiger partial charge on any atom is -0.477 e. The van der Waals surface area contributed by atoms with Crippen molar-refractivity contribution in [2.45, 2.75) is 13.3 Å². The van der Waals surface area contributed by atoms with Gasteiger partial charge in [0.05, 0.1) is 0 Å². The number of hydrazone groups is 1. The molecule has 0 saturated carbocycles. The Balaban J connectivity index is 2.80. The van der Waals surface area contributed by atoms with E-state index in [0.717, 1.165) is 0 Å². The average molecular weight is 156 g/mol. The molecule has 0 aromatic heterocycles. The summed E-state index contributed by atoms with van der Waals surface area (Å²) in [7, 11) is 0. The fourth-order valence-electron chi connectivity index (χ4n) is 0.912. The molecule has 1 rings (SSSR count). The first-order valence-electron chi connectivity index (χ1n) is 3.21. The van der Waals surface area contributed by atoms with E-state index in [-0.39, 0.29) is 24.0 Å². The van der Waals surface area contributed by atoms with Crippen molar-refractivity contribution in [3.63, 3.8) is 0 Å². The summed E-state index contributed by atoms with van der Waals surface area (Å²) in [5, 5.41) is 11.9. The van der Waals surface area contributed by atoms with E-state index in [4.69, 9.17) is 5.11 Å². The molecule has 1 aliphatic rings. The number of carboxylic acid groups (broad SMARTS) is 1. The van der Waals surface area contributed by atoms with Gasteiger partial charge in [0.15, 0.2) is 0 Å². The van der Waals surface area contributed by atoms with Crippen LogP contribution in [0.25, 0.3) is 0 Å². The summed E-state index contributed by atoms with van der Waals surface area (Å²) >= 11 is 0. The third-order valence-corrected chi connectivity index (χ3v) is 1.48. The molecule has 0 spiro atoms. The van der Waals surface area contributed by atoms with Crippen LogP contribution >= 0.6 is 0 Å². The molecule has 5 heteroatoms. The van der Waals surface area contributed by atoms with Gasteiger partial charge in [-0.05, 0) is 0 Å². The number of hydrogen-bond acceptors (Lipinski definition) is 3. The fraction of sp³-hybridized carbons (Fsp3) is 0.500. The third-order valence-electron chi connectivity index (χ3n) is 1.48. The number of aliphatic carboxylic acids is 1. The minimum atomic E-state index is -1.07. The number of carbonyl (C=O) groups is 2. The molecule has 1 unspecified atom stereocenters. The molecular weight excluding hydrogens is 148 g/mol. The van der Waals surface area contributed by atoms with Crippen LogP contribution in [0.5, 0.6) is 0 Å². The molecule has 0 radical (unpaired) electrons. The van der Waals surface area contributed by atoms with E-state index in [2.05, 4.69) is 10.5 Å². The molecule has 0 saturated heterocycles. The SMILES string of the molecule is CC1CC(=O)NN=C1C(=O)O. The Labute approximate surface area is 63.1 Å². The minimum absolute atomic E-state index is 0.0181. The molecule has 1 aliphatic heterocycles. The predicted molar refractivity (Wildman–Crippen MR) is 37.0 cm³/mol. The summed E-state index contributed by atoms with van der Waals surface area (Å²) < 4.78 is 0. The highest BCUT2D eigenvalue weighted by Crippen LogP contribution is 2.08. The summed E-state index contributed by atoms with van der Waals surface area (Å²) in [6.45, 7) is 1.66. The van der Waals surface area contributed by atoms with Gasteiger partial charge in [0.2, 0.25) is 5.91 Å². The molecule has 0 bridgehead atoms. The summed E-state index contributed by atoms with van der Waals surface area (Å²) in [6.07, 6.45) is 0.200. The quantitative estimate of drug-likeness (QED) is 0.541. The van der Waals surface area contributed by atoms with Gasteiger partial charge < -0.3 is 5.11 Å². The molecule has 1 amide bonds. The van der Waals surface area contributed by atoms with Crippen molar-refractivity contribution in [1.29, 1.82) is 0 Å². The highest BCUT2D eigenvalue weighted by atomic mass is 16.4. The van der Waals surface area contributed by atoms with E-state index >= 15 is 0 Å². The topological polar surface area (TPSA) is 78.8 Å². The lowest BCUT2D eigenvalue weighted by Gasteiger charge is -2.14. The van der Waals surface area contributed by atoms with Crippen LogP contribution in [0.1, 0.15) is 13.3 Å². The number of amides is 1. The number of carbonyl (C=O) groups excluding carboxylic acids is 1. The molecule has 0 fully saturated rings. The van der Waals surface area contributed by atoms with E-state index in [1.165, 1.54) is 0 Å². The Bertz CT molecular complexity index is 234. The van der Waals surface area contributed by atoms with Gasteiger partial charge in [0.25, 0.3) is 0 Å². The van der Waals surface area contributed by atoms with E-state index in [1.807, 2.05) is 0 Å². The van der Waals surface area contributed by atoms with E-state index in [1.54, 1.807) is 6.92 Å². The van der Waals surface area contributed by atoms with Crippen LogP contribution in [0.4, 0.5) is 0 Å². The van der Waals surface area contributed by atoms with Gasteiger partial charge in [-0.2, -0.15) is 5.10 Å². The summed E-state index contributed by atoms with van der Waals surface area (Å²) in [5.41, 5.74) is 2.13. The maximum absolute atomic E-state index is 10.6. The van der Waals surface area contributed by atoms with Gasteiger partial charge in [0.1, 0.15) is 5.71 Å². The first-order valence-corrected chi connectivity index (χ1v) is 3.21. The lowest BCUT2D eigenvalue weighted by atomic mass is 10.0. The number of rotatable bonds is 1. The maximum atomic E-state index is 10.6. The molecule has 0 aromatic rings. The molecular formula is C6H8N2O3. The van der Waals surface area contributed by atoms with Crippen molar-refractivity contribution in [3.05, 3.63) is 0 Å². The van der Waals surface area contributed by atoms with Gasteiger partial charge in [-0.25, -0.2) is 10.2 Å². The van der Waals surface area contributed by atoms with Crippen LogP contribution in [0.3, 0.4) is 0 Å². The molecule has 0 aromatic carbocycles. The number of nitrogens with one attached hydrogen (secondary N) is 1. The normalized spacial score (nSPS) is 23.9. The maximum Gasteiger partial charge on any atom is 0.352 e.